The Bertz CT molecular complexity index is 283. The van der Waals surface area contributed by atoms with Crippen LogP contribution in [0.2, 0.25) is 0 Å². The summed E-state index contributed by atoms with van der Waals surface area (Å²) in [4.78, 5) is 0. The van der Waals surface area contributed by atoms with Crippen molar-refractivity contribution in [1.29, 1.82) is 0 Å². The molecule has 1 atom stereocenters. The van der Waals surface area contributed by atoms with Gasteiger partial charge >= 0.3 is 0 Å². The minimum Gasteiger partial charge on any atom is -0.504 e. The number of hydrogen-bond acceptors (Lipinski definition) is 3. The lowest BCUT2D eigenvalue weighted by Crippen LogP contribution is -1.95. The zero-order valence-corrected chi connectivity index (χ0v) is 7.82. The van der Waals surface area contributed by atoms with Crippen molar-refractivity contribution in [3.05, 3.63) is 23.8 Å². The van der Waals surface area contributed by atoms with Crippen LogP contribution in [-0.2, 0) is 0 Å². The van der Waals surface area contributed by atoms with E-state index >= 15 is 0 Å². The average molecular weight is 182 g/mol. The van der Waals surface area contributed by atoms with E-state index in [1.54, 1.807) is 12.1 Å². The van der Waals surface area contributed by atoms with Crippen LogP contribution >= 0.6 is 0 Å². The number of methoxy groups -OCH3 is 1. The number of aromatic hydroxyl groups is 1. The largest absolute Gasteiger partial charge is 0.504 e. The fourth-order valence-corrected chi connectivity index (χ4v) is 1.15. The van der Waals surface area contributed by atoms with Crippen molar-refractivity contribution in [3.63, 3.8) is 0 Å². The normalized spacial score (nSPS) is 12.5. The molecule has 13 heavy (non-hydrogen) atoms. The van der Waals surface area contributed by atoms with Gasteiger partial charge < -0.3 is 14.9 Å². The minimum absolute atomic E-state index is 0.0625. The van der Waals surface area contributed by atoms with Crippen LogP contribution in [0.3, 0.4) is 0 Å². The molecule has 0 aliphatic rings. The molecule has 0 fully saturated rings. The third-order valence-corrected chi connectivity index (χ3v) is 1.97. The Morgan fingerprint density at radius 1 is 1.46 bits per heavy atom. The third kappa shape index (κ3) is 2.12. The first-order valence-corrected chi connectivity index (χ1v) is 4.24. The van der Waals surface area contributed by atoms with E-state index in [-0.39, 0.29) is 5.75 Å². The van der Waals surface area contributed by atoms with Crippen molar-refractivity contribution in [2.24, 2.45) is 0 Å². The lowest BCUT2D eigenvalue weighted by molar-refractivity contribution is 0.173. The summed E-state index contributed by atoms with van der Waals surface area (Å²) in [5.74, 6) is 0.486. The molecule has 0 spiro atoms. The van der Waals surface area contributed by atoms with Crippen molar-refractivity contribution in [2.75, 3.05) is 7.11 Å². The molecule has 1 rings (SSSR count). The predicted octanol–water partition coefficient (Wildman–Crippen LogP) is 1.84. The Morgan fingerprint density at radius 2 is 2.15 bits per heavy atom. The number of phenols is 1. The number of hydrogen-bond donors (Lipinski definition) is 2. The predicted molar refractivity (Wildman–Crippen MR) is 49.9 cm³/mol. The number of ether oxygens (including phenoxy) is 1. The van der Waals surface area contributed by atoms with Crippen molar-refractivity contribution in [1.82, 2.24) is 0 Å². The Morgan fingerprint density at radius 3 is 2.62 bits per heavy atom. The van der Waals surface area contributed by atoms with Gasteiger partial charge in [0.1, 0.15) is 0 Å². The van der Waals surface area contributed by atoms with Gasteiger partial charge in [0.2, 0.25) is 0 Å². The minimum atomic E-state index is -0.517. The number of benzene rings is 1. The van der Waals surface area contributed by atoms with Gasteiger partial charge in [-0.15, -0.1) is 0 Å². The first-order valence-electron chi connectivity index (χ1n) is 4.24. The van der Waals surface area contributed by atoms with Crippen LogP contribution in [0.1, 0.15) is 25.0 Å². The summed E-state index contributed by atoms with van der Waals surface area (Å²) < 4.78 is 4.88. The van der Waals surface area contributed by atoms with E-state index in [9.17, 15) is 10.2 Å². The smallest absolute Gasteiger partial charge is 0.160 e. The molecule has 0 aromatic heterocycles. The van der Waals surface area contributed by atoms with Crippen molar-refractivity contribution < 1.29 is 14.9 Å². The molecular weight excluding hydrogens is 168 g/mol. The summed E-state index contributed by atoms with van der Waals surface area (Å²) >= 11 is 0. The molecule has 0 bridgehead atoms. The first-order chi connectivity index (χ1) is 6.19. The number of phenolic OH excluding ortho intramolecular Hbond substituents is 1. The van der Waals surface area contributed by atoms with Crippen molar-refractivity contribution in [3.8, 4) is 11.5 Å². The second kappa shape index (κ2) is 4.14. The molecule has 0 aliphatic heterocycles. The van der Waals surface area contributed by atoms with E-state index in [2.05, 4.69) is 0 Å². The zero-order chi connectivity index (χ0) is 9.84. The highest BCUT2D eigenvalue weighted by Gasteiger charge is 2.07. The van der Waals surface area contributed by atoms with Gasteiger partial charge in [0.05, 0.1) is 13.2 Å². The second-order valence-electron chi connectivity index (χ2n) is 2.86. The van der Waals surface area contributed by atoms with E-state index < -0.39 is 6.10 Å². The molecule has 2 N–H and O–H groups in total. The lowest BCUT2D eigenvalue weighted by atomic mass is 10.1. The summed E-state index contributed by atoms with van der Waals surface area (Å²) in [5.41, 5.74) is 0.709. The maximum Gasteiger partial charge on any atom is 0.160 e. The molecule has 0 amide bonds. The van der Waals surface area contributed by atoms with E-state index in [1.165, 1.54) is 13.2 Å². The van der Waals surface area contributed by atoms with Gasteiger partial charge in [-0.3, -0.25) is 0 Å². The Balaban J connectivity index is 2.95. The maximum atomic E-state index is 9.47. The average Bonchev–Trinajstić information content (AvgIpc) is 2.16. The van der Waals surface area contributed by atoms with Crippen LogP contribution in [0.4, 0.5) is 0 Å². The topological polar surface area (TPSA) is 49.7 Å². The first kappa shape index (κ1) is 9.86. The molecular formula is C10H14O3. The van der Waals surface area contributed by atoms with E-state index in [4.69, 9.17) is 4.74 Å². The van der Waals surface area contributed by atoms with Gasteiger partial charge in [-0.1, -0.05) is 13.0 Å². The van der Waals surface area contributed by atoms with Crippen LogP contribution in [0.15, 0.2) is 18.2 Å². The molecule has 72 valence electrons. The van der Waals surface area contributed by atoms with E-state index in [0.717, 1.165) is 0 Å². The van der Waals surface area contributed by atoms with E-state index in [1.807, 2.05) is 6.92 Å². The van der Waals surface area contributed by atoms with Gasteiger partial charge in [0.25, 0.3) is 0 Å². The van der Waals surface area contributed by atoms with E-state index in [0.29, 0.717) is 17.7 Å². The van der Waals surface area contributed by atoms with Crippen LogP contribution < -0.4 is 4.74 Å². The maximum absolute atomic E-state index is 9.47. The summed E-state index contributed by atoms with van der Waals surface area (Å²) in [6, 6.07) is 4.91. The van der Waals surface area contributed by atoms with Gasteiger partial charge in [-0.2, -0.15) is 0 Å². The number of aliphatic hydroxyl groups is 1. The highest BCUT2D eigenvalue weighted by atomic mass is 16.5. The monoisotopic (exact) mass is 182 g/mol. The van der Waals surface area contributed by atoms with Gasteiger partial charge in [-0.25, -0.2) is 0 Å². The summed E-state index contributed by atoms with van der Waals surface area (Å²) in [6.45, 7) is 1.88. The van der Waals surface area contributed by atoms with Gasteiger partial charge in [0, 0.05) is 0 Å². The lowest BCUT2D eigenvalue weighted by Gasteiger charge is -2.10. The summed E-state index contributed by atoms with van der Waals surface area (Å²) in [7, 11) is 1.49. The fourth-order valence-electron chi connectivity index (χ4n) is 1.15. The van der Waals surface area contributed by atoms with Crippen LogP contribution in [-0.4, -0.2) is 17.3 Å². The molecule has 1 aromatic rings. The SMILES string of the molecule is CCC(O)c1ccc(OC)c(O)c1. The van der Waals surface area contributed by atoms with Crippen molar-refractivity contribution in [2.45, 2.75) is 19.4 Å². The Kier molecular flexibility index (Phi) is 3.14. The van der Waals surface area contributed by atoms with Crippen LogP contribution in [0.5, 0.6) is 11.5 Å². The molecule has 1 unspecified atom stereocenters. The quantitative estimate of drug-likeness (QED) is 0.750. The molecule has 0 saturated carbocycles. The molecule has 0 radical (unpaired) electrons. The van der Waals surface area contributed by atoms with Crippen LogP contribution in [0, 0.1) is 0 Å². The number of rotatable bonds is 3. The summed E-state index contributed by atoms with van der Waals surface area (Å²) in [5, 5.41) is 18.9. The standard InChI is InChI=1S/C10H14O3/c1-3-8(11)7-4-5-10(13-2)9(12)6-7/h4-6,8,11-12H,3H2,1-2H3. The fraction of sp³-hybridized carbons (Fsp3) is 0.400. The Labute approximate surface area is 77.6 Å². The second-order valence-corrected chi connectivity index (χ2v) is 2.86. The van der Waals surface area contributed by atoms with Gasteiger partial charge in [-0.05, 0) is 24.1 Å². The van der Waals surface area contributed by atoms with Gasteiger partial charge in [0.15, 0.2) is 11.5 Å². The summed E-state index contributed by atoms with van der Waals surface area (Å²) in [6.07, 6.45) is 0.114. The molecule has 3 nitrogen and oxygen atoms in total. The number of aliphatic hydroxyl groups excluding tert-OH is 1. The molecule has 1 aromatic carbocycles. The molecule has 0 heterocycles. The highest BCUT2D eigenvalue weighted by molar-refractivity contribution is 5.42. The Hall–Kier alpha value is -1.22. The van der Waals surface area contributed by atoms with Crippen molar-refractivity contribution >= 4 is 0 Å². The molecule has 3 heteroatoms. The third-order valence-electron chi connectivity index (χ3n) is 1.97. The van der Waals surface area contributed by atoms with Crippen LogP contribution in [0.25, 0.3) is 0 Å². The molecule has 0 saturated heterocycles. The highest BCUT2D eigenvalue weighted by Crippen LogP contribution is 2.29. The molecule has 0 aliphatic carbocycles. The zero-order valence-electron chi connectivity index (χ0n) is 7.82.